The molecule has 152 valence electrons. The molecule has 0 bridgehead atoms. The van der Waals surface area contributed by atoms with Crippen LogP contribution in [0, 0.1) is 6.92 Å². The molecule has 0 unspecified atom stereocenters. The number of aryl methyl sites for hydroxylation is 1. The molecule has 28 heavy (non-hydrogen) atoms. The van der Waals surface area contributed by atoms with E-state index >= 15 is 0 Å². The van der Waals surface area contributed by atoms with Crippen LogP contribution in [0.4, 0.5) is 5.82 Å². The van der Waals surface area contributed by atoms with E-state index in [1.54, 1.807) is 0 Å². The Labute approximate surface area is 167 Å². The van der Waals surface area contributed by atoms with E-state index in [1.165, 1.54) is 16.5 Å². The van der Waals surface area contributed by atoms with E-state index < -0.39 is 0 Å². The van der Waals surface area contributed by atoms with Gasteiger partial charge in [-0.1, -0.05) is 11.6 Å². The summed E-state index contributed by atoms with van der Waals surface area (Å²) in [7, 11) is 0. The number of pyridine rings is 1. The average Bonchev–Trinajstić information content (AvgIpc) is 2.69. The number of nitrogens with zero attached hydrogens (tertiary/aromatic N) is 4. The molecule has 6 nitrogen and oxygen atoms in total. The molecule has 6 heteroatoms. The van der Waals surface area contributed by atoms with Crippen molar-refractivity contribution >= 4 is 16.7 Å². The molecule has 1 aromatic heterocycles. The molecule has 2 fully saturated rings. The van der Waals surface area contributed by atoms with Gasteiger partial charge in [-0.15, -0.1) is 0 Å². The zero-order valence-corrected chi connectivity index (χ0v) is 16.8. The first-order chi connectivity index (χ1) is 13.6. The summed E-state index contributed by atoms with van der Waals surface area (Å²) in [5.41, 5.74) is 3.53. The van der Waals surface area contributed by atoms with E-state index in [-0.39, 0.29) is 12.7 Å². The first-order valence-corrected chi connectivity index (χ1v) is 10.5. The van der Waals surface area contributed by atoms with Crippen LogP contribution in [0.1, 0.15) is 24.0 Å². The first-order valence-electron chi connectivity index (χ1n) is 10.5. The summed E-state index contributed by atoms with van der Waals surface area (Å²) < 4.78 is 0. The van der Waals surface area contributed by atoms with Gasteiger partial charge in [0.05, 0.1) is 18.2 Å². The normalized spacial score (nSPS) is 22.1. The van der Waals surface area contributed by atoms with Crippen LogP contribution in [-0.4, -0.2) is 83.5 Å². The second-order valence-electron chi connectivity index (χ2n) is 8.25. The Kier molecular flexibility index (Phi) is 6.11. The number of rotatable bonds is 5. The van der Waals surface area contributed by atoms with Gasteiger partial charge in [0, 0.05) is 63.3 Å². The summed E-state index contributed by atoms with van der Waals surface area (Å²) in [6.07, 6.45) is 1.62. The molecular formula is C22H32N4O2. The number of β-amino-alcohol motifs (C(OH)–C–C–N with tert-alkyl or cyclic N) is 2. The monoisotopic (exact) mass is 384 g/mol. The van der Waals surface area contributed by atoms with Gasteiger partial charge in [-0.3, -0.25) is 9.80 Å². The van der Waals surface area contributed by atoms with Crippen LogP contribution in [0.2, 0.25) is 0 Å². The Balaban J connectivity index is 1.60. The van der Waals surface area contributed by atoms with Gasteiger partial charge in [-0.25, -0.2) is 4.98 Å². The third-order valence-electron chi connectivity index (χ3n) is 6.00. The van der Waals surface area contributed by atoms with Gasteiger partial charge in [-0.2, -0.15) is 0 Å². The van der Waals surface area contributed by atoms with Crippen LogP contribution in [0.15, 0.2) is 24.3 Å². The minimum absolute atomic E-state index is 0.232. The number of benzene rings is 1. The fraction of sp³-hybridized carbons (Fsp3) is 0.591. The van der Waals surface area contributed by atoms with E-state index in [0.717, 1.165) is 70.0 Å². The first kappa shape index (κ1) is 19.6. The molecule has 0 amide bonds. The molecular weight excluding hydrogens is 352 g/mol. The van der Waals surface area contributed by atoms with Crippen LogP contribution < -0.4 is 4.90 Å². The smallest absolute Gasteiger partial charge is 0.133 e. The van der Waals surface area contributed by atoms with E-state index in [2.05, 4.69) is 45.9 Å². The lowest BCUT2D eigenvalue weighted by Crippen LogP contribution is -2.47. The van der Waals surface area contributed by atoms with Crippen molar-refractivity contribution in [2.24, 2.45) is 0 Å². The van der Waals surface area contributed by atoms with Crippen molar-refractivity contribution in [3.63, 3.8) is 0 Å². The number of anilines is 1. The van der Waals surface area contributed by atoms with Gasteiger partial charge in [-0.05, 0) is 38.0 Å². The Morgan fingerprint density at radius 1 is 1.07 bits per heavy atom. The molecule has 2 saturated heterocycles. The molecule has 1 aromatic carbocycles. The minimum Gasteiger partial charge on any atom is -0.395 e. The molecule has 0 spiro atoms. The van der Waals surface area contributed by atoms with Crippen molar-refractivity contribution in [1.82, 2.24) is 14.8 Å². The fourth-order valence-electron chi connectivity index (χ4n) is 4.42. The predicted octanol–water partition coefficient (Wildman–Crippen LogP) is 1.61. The molecule has 1 atom stereocenters. The van der Waals surface area contributed by atoms with Crippen LogP contribution in [0.5, 0.6) is 0 Å². The maximum Gasteiger partial charge on any atom is 0.133 e. The van der Waals surface area contributed by atoms with Crippen molar-refractivity contribution in [1.29, 1.82) is 0 Å². The molecule has 2 aromatic rings. The molecule has 3 heterocycles. The summed E-state index contributed by atoms with van der Waals surface area (Å²) in [6.45, 7) is 9.64. The highest BCUT2D eigenvalue weighted by Gasteiger charge is 2.24. The zero-order chi connectivity index (χ0) is 19.5. The highest BCUT2D eigenvalue weighted by Crippen LogP contribution is 2.28. The molecule has 2 aliphatic heterocycles. The van der Waals surface area contributed by atoms with Crippen LogP contribution in [-0.2, 0) is 6.54 Å². The molecule has 0 aliphatic carbocycles. The maximum atomic E-state index is 10.2. The van der Waals surface area contributed by atoms with Gasteiger partial charge < -0.3 is 15.1 Å². The third-order valence-corrected chi connectivity index (χ3v) is 6.00. The number of piperidine rings is 1. The molecule has 2 N–H and O–H groups in total. The van der Waals surface area contributed by atoms with Crippen LogP contribution >= 0.6 is 0 Å². The van der Waals surface area contributed by atoms with Crippen molar-refractivity contribution in [3.05, 3.63) is 35.4 Å². The van der Waals surface area contributed by atoms with Crippen LogP contribution in [0.3, 0.4) is 0 Å². The number of fused-ring (bicyclic) bond motifs is 1. The number of piperazine rings is 1. The second-order valence-corrected chi connectivity index (χ2v) is 8.25. The second kappa shape index (κ2) is 8.74. The van der Waals surface area contributed by atoms with Crippen molar-refractivity contribution in [2.45, 2.75) is 32.4 Å². The zero-order valence-electron chi connectivity index (χ0n) is 16.8. The predicted molar refractivity (Wildman–Crippen MR) is 113 cm³/mol. The number of aromatic nitrogens is 1. The lowest BCUT2D eigenvalue weighted by molar-refractivity contribution is 0.108. The SMILES string of the molecule is Cc1ccc2nc(N3CCC[C@@H](O)C3)c(CN3CCN(CCO)CC3)cc2c1. The van der Waals surface area contributed by atoms with Gasteiger partial charge in [0.25, 0.3) is 0 Å². The van der Waals surface area contributed by atoms with E-state index in [0.29, 0.717) is 6.54 Å². The lowest BCUT2D eigenvalue weighted by atomic mass is 10.0. The average molecular weight is 385 g/mol. The standard InChI is InChI=1S/C22H32N4O2/c1-17-4-5-21-18(13-17)14-19(15-25-9-7-24(8-10-25)11-12-27)22(23-21)26-6-2-3-20(28)16-26/h4-5,13-14,20,27-28H,2-3,6-12,15-16H2,1H3/t20-/m1/s1. The van der Waals surface area contributed by atoms with Crippen molar-refractivity contribution in [2.75, 3.05) is 57.3 Å². The lowest BCUT2D eigenvalue weighted by Gasteiger charge is -2.36. The van der Waals surface area contributed by atoms with Crippen molar-refractivity contribution < 1.29 is 10.2 Å². The number of aliphatic hydroxyl groups is 2. The van der Waals surface area contributed by atoms with E-state index in [9.17, 15) is 5.11 Å². The Hall–Kier alpha value is -1.73. The quantitative estimate of drug-likeness (QED) is 0.817. The number of aliphatic hydroxyl groups excluding tert-OH is 2. The summed E-state index contributed by atoms with van der Waals surface area (Å²) in [5.74, 6) is 1.04. The van der Waals surface area contributed by atoms with Gasteiger partial charge in [0.1, 0.15) is 5.82 Å². The van der Waals surface area contributed by atoms with Gasteiger partial charge in [0.2, 0.25) is 0 Å². The Bertz CT molecular complexity index is 804. The fourth-order valence-corrected chi connectivity index (χ4v) is 4.42. The highest BCUT2D eigenvalue weighted by atomic mass is 16.3. The minimum atomic E-state index is -0.265. The van der Waals surface area contributed by atoms with Gasteiger partial charge >= 0.3 is 0 Å². The Morgan fingerprint density at radius 3 is 2.61 bits per heavy atom. The largest absolute Gasteiger partial charge is 0.395 e. The molecule has 4 rings (SSSR count). The molecule has 0 radical (unpaired) electrons. The summed E-state index contributed by atoms with van der Waals surface area (Å²) in [5, 5.41) is 20.5. The maximum absolute atomic E-state index is 10.2. The number of hydrogen-bond acceptors (Lipinski definition) is 6. The summed E-state index contributed by atoms with van der Waals surface area (Å²) in [6, 6.07) is 8.72. The van der Waals surface area contributed by atoms with E-state index in [1.807, 2.05) is 0 Å². The third kappa shape index (κ3) is 4.46. The topological polar surface area (TPSA) is 63.1 Å². The van der Waals surface area contributed by atoms with Crippen LogP contribution in [0.25, 0.3) is 10.9 Å². The highest BCUT2D eigenvalue weighted by molar-refractivity contribution is 5.82. The summed E-state index contributed by atoms with van der Waals surface area (Å²) >= 11 is 0. The number of hydrogen-bond donors (Lipinski definition) is 2. The van der Waals surface area contributed by atoms with Crippen molar-refractivity contribution in [3.8, 4) is 0 Å². The Morgan fingerprint density at radius 2 is 1.86 bits per heavy atom. The summed E-state index contributed by atoms with van der Waals surface area (Å²) in [4.78, 5) is 12.1. The molecule has 2 aliphatic rings. The van der Waals surface area contributed by atoms with E-state index in [4.69, 9.17) is 10.1 Å². The molecule has 0 saturated carbocycles. The van der Waals surface area contributed by atoms with Gasteiger partial charge in [0.15, 0.2) is 0 Å².